The van der Waals surface area contributed by atoms with Gasteiger partial charge < -0.3 is 18.9 Å². The Morgan fingerprint density at radius 3 is 1.74 bits per heavy atom. The van der Waals surface area contributed by atoms with Crippen molar-refractivity contribution in [2.45, 2.75) is 5.85 Å². The molecule has 0 spiro atoms. The number of esters is 1. The smallest absolute Gasteiger partial charge is 0.337 e. The Morgan fingerprint density at radius 1 is 0.815 bits per heavy atom. The molecule has 0 aliphatic rings. The zero-order valence-electron chi connectivity index (χ0n) is 14.7. The van der Waals surface area contributed by atoms with E-state index < -0.39 is 20.2 Å². The minimum atomic E-state index is -1.74. The first-order chi connectivity index (χ1) is 13.2. The Bertz CT molecular complexity index is 811. The molecule has 1 N–H and O–H groups in total. The van der Waals surface area contributed by atoms with Crippen molar-refractivity contribution in [3.63, 3.8) is 0 Å². The Morgan fingerprint density at radius 2 is 1.30 bits per heavy atom. The Balaban J connectivity index is 1.83. The van der Waals surface area contributed by atoms with E-state index in [1.807, 2.05) is 36.4 Å². The number of rotatable bonds is 7. The van der Waals surface area contributed by atoms with Crippen LogP contribution in [0.3, 0.4) is 0 Å². The van der Waals surface area contributed by atoms with E-state index in [1.54, 1.807) is 48.5 Å². The molecule has 27 heavy (non-hydrogen) atoms. The summed E-state index contributed by atoms with van der Waals surface area (Å²) in [6.45, 7) is 0. The number of carbonyl (C=O) groups is 1. The molecule has 0 heterocycles. The summed E-state index contributed by atoms with van der Waals surface area (Å²) in [5.74, 6) is -0.235. The Labute approximate surface area is 159 Å². The molecule has 0 bridgehead atoms. The van der Waals surface area contributed by atoms with E-state index in [4.69, 9.17) is 13.8 Å². The zero-order chi connectivity index (χ0) is 19.1. The highest BCUT2D eigenvalue weighted by molar-refractivity contribution is 7.48. The standard InChI is InChI=1S/C21H19O5P/c1-24-20(22)16-12-14-17(15-13-16)21(23)27(25-18-8-4-2-5-9-18)26-19-10-6-3-7-11-19/h2-15,21,23H,1H3. The summed E-state index contributed by atoms with van der Waals surface area (Å²) in [7, 11) is -0.415. The zero-order valence-corrected chi connectivity index (χ0v) is 15.6. The van der Waals surface area contributed by atoms with Crippen LogP contribution >= 0.6 is 8.38 Å². The predicted octanol–water partition coefficient (Wildman–Crippen LogP) is 4.93. The molecule has 0 aliphatic carbocycles. The maximum absolute atomic E-state index is 11.6. The number of hydrogen-bond acceptors (Lipinski definition) is 5. The van der Waals surface area contributed by atoms with E-state index >= 15 is 0 Å². The summed E-state index contributed by atoms with van der Waals surface area (Å²) in [6, 6.07) is 24.9. The first-order valence-corrected chi connectivity index (χ1v) is 9.53. The Hall–Kier alpha value is -2.88. The fourth-order valence-electron chi connectivity index (χ4n) is 2.32. The van der Waals surface area contributed by atoms with Crippen molar-refractivity contribution in [1.29, 1.82) is 0 Å². The van der Waals surface area contributed by atoms with E-state index in [0.29, 0.717) is 22.6 Å². The van der Waals surface area contributed by atoms with Crippen LogP contribution in [0.15, 0.2) is 84.9 Å². The molecule has 0 aromatic heterocycles. The molecule has 0 aliphatic heterocycles. The molecular formula is C21H19O5P. The maximum atomic E-state index is 11.6. The average molecular weight is 382 g/mol. The van der Waals surface area contributed by atoms with Crippen LogP contribution in [0.1, 0.15) is 21.8 Å². The molecule has 5 nitrogen and oxygen atoms in total. The quantitative estimate of drug-likeness (QED) is 0.463. The van der Waals surface area contributed by atoms with Gasteiger partial charge in [-0.3, -0.25) is 0 Å². The van der Waals surface area contributed by atoms with Crippen LogP contribution < -0.4 is 9.05 Å². The monoisotopic (exact) mass is 382 g/mol. The number of para-hydroxylation sites is 2. The lowest BCUT2D eigenvalue weighted by Gasteiger charge is -2.23. The first-order valence-electron chi connectivity index (χ1n) is 8.29. The number of ether oxygens (including phenoxy) is 1. The van der Waals surface area contributed by atoms with Crippen LogP contribution in [-0.4, -0.2) is 18.2 Å². The van der Waals surface area contributed by atoms with Crippen LogP contribution in [-0.2, 0) is 4.74 Å². The highest BCUT2D eigenvalue weighted by Crippen LogP contribution is 2.51. The number of carbonyl (C=O) groups excluding carboxylic acids is 1. The van der Waals surface area contributed by atoms with E-state index in [2.05, 4.69) is 0 Å². The number of methoxy groups -OCH3 is 1. The van der Waals surface area contributed by atoms with E-state index in [-0.39, 0.29) is 0 Å². The van der Waals surface area contributed by atoms with Crippen molar-refractivity contribution in [3.8, 4) is 11.5 Å². The van der Waals surface area contributed by atoms with Gasteiger partial charge in [0.15, 0.2) is 5.85 Å². The van der Waals surface area contributed by atoms with Gasteiger partial charge in [0.1, 0.15) is 11.5 Å². The second-order valence-electron chi connectivity index (χ2n) is 5.58. The van der Waals surface area contributed by atoms with Crippen molar-refractivity contribution in [2.24, 2.45) is 0 Å². The number of hydrogen-bond donors (Lipinski definition) is 1. The average Bonchev–Trinajstić information content (AvgIpc) is 2.74. The van der Waals surface area contributed by atoms with Gasteiger partial charge in [-0.25, -0.2) is 4.79 Å². The van der Waals surface area contributed by atoms with Crippen LogP contribution in [0.4, 0.5) is 0 Å². The minimum absolute atomic E-state index is 0.408. The molecule has 0 saturated carbocycles. The van der Waals surface area contributed by atoms with Gasteiger partial charge in [-0.15, -0.1) is 0 Å². The fourth-order valence-corrected chi connectivity index (χ4v) is 3.63. The normalized spacial score (nSPS) is 11.7. The molecule has 0 radical (unpaired) electrons. The van der Waals surface area contributed by atoms with Gasteiger partial charge in [0.25, 0.3) is 0 Å². The summed E-state index contributed by atoms with van der Waals surface area (Å²) < 4.78 is 16.6. The lowest BCUT2D eigenvalue weighted by atomic mass is 10.1. The second kappa shape index (κ2) is 9.17. The third-order valence-corrected chi connectivity index (χ3v) is 5.19. The molecule has 3 aromatic carbocycles. The summed E-state index contributed by atoms with van der Waals surface area (Å²) in [5, 5.41) is 10.9. The fraction of sp³-hybridized carbons (Fsp3) is 0.0952. The van der Waals surface area contributed by atoms with Gasteiger partial charge in [-0.2, -0.15) is 0 Å². The van der Waals surface area contributed by atoms with E-state index in [1.165, 1.54) is 7.11 Å². The second-order valence-corrected chi connectivity index (χ2v) is 7.01. The van der Waals surface area contributed by atoms with Gasteiger partial charge in [0, 0.05) is 0 Å². The van der Waals surface area contributed by atoms with Crippen molar-refractivity contribution in [1.82, 2.24) is 0 Å². The third-order valence-electron chi connectivity index (χ3n) is 3.71. The largest absolute Gasteiger partial charge is 0.465 e. The lowest BCUT2D eigenvalue weighted by molar-refractivity contribution is 0.0600. The molecule has 138 valence electrons. The molecule has 1 unspecified atom stereocenters. The summed E-state index contributed by atoms with van der Waals surface area (Å²) in [5.41, 5.74) is 0.992. The highest BCUT2D eigenvalue weighted by atomic mass is 31.2. The highest BCUT2D eigenvalue weighted by Gasteiger charge is 2.27. The molecule has 0 saturated heterocycles. The minimum Gasteiger partial charge on any atom is -0.465 e. The molecule has 6 heteroatoms. The van der Waals surface area contributed by atoms with Crippen LogP contribution in [0, 0.1) is 0 Å². The molecule has 1 atom stereocenters. The molecule has 3 aromatic rings. The van der Waals surface area contributed by atoms with Crippen molar-refractivity contribution < 1.29 is 23.7 Å². The van der Waals surface area contributed by atoms with Gasteiger partial charge in [-0.05, 0) is 42.0 Å². The molecule has 3 rings (SSSR count). The lowest BCUT2D eigenvalue weighted by Crippen LogP contribution is -2.07. The van der Waals surface area contributed by atoms with Gasteiger partial charge >= 0.3 is 14.3 Å². The first kappa shape index (κ1) is 18.9. The third kappa shape index (κ3) is 5.07. The van der Waals surface area contributed by atoms with Crippen LogP contribution in [0.25, 0.3) is 0 Å². The van der Waals surface area contributed by atoms with E-state index in [9.17, 15) is 9.90 Å². The van der Waals surface area contributed by atoms with Gasteiger partial charge in [0.2, 0.25) is 0 Å². The number of aliphatic hydroxyl groups is 1. The summed E-state index contributed by atoms with van der Waals surface area (Å²) in [4.78, 5) is 11.6. The van der Waals surface area contributed by atoms with E-state index in [0.717, 1.165) is 0 Å². The van der Waals surface area contributed by atoms with Gasteiger partial charge in [0.05, 0.1) is 12.7 Å². The summed E-state index contributed by atoms with van der Waals surface area (Å²) in [6.07, 6.45) is 0. The summed E-state index contributed by atoms with van der Waals surface area (Å²) >= 11 is 0. The van der Waals surface area contributed by atoms with Gasteiger partial charge in [-0.1, -0.05) is 48.5 Å². The molecule has 0 fully saturated rings. The topological polar surface area (TPSA) is 65.0 Å². The van der Waals surface area contributed by atoms with Crippen molar-refractivity contribution >= 4 is 14.3 Å². The van der Waals surface area contributed by atoms with Crippen LogP contribution in [0.5, 0.6) is 11.5 Å². The number of benzene rings is 3. The molecular weight excluding hydrogens is 363 g/mol. The predicted molar refractivity (Wildman–Crippen MR) is 104 cm³/mol. The number of aliphatic hydroxyl groups excluding tert-OH is 1. The molecule has 0 amide bonds. The van der Waals surface area contributed by atoms with Crippen molar-refractivity contribution in [3.05, 3.63) is 96.1 Å². The van der Waals surface area contributed by atoms with Crippen molar-refractivity contribution in [2.75, 3.05) is 7.11 Å². The SMILES string of the molecule is COC(=O)c1ccc(C(O)P(Oc2ccccc2)Oc2ccccc2)cc1. The Kier molecular flexibility index (Phi) is 6.42. The maximum Gasteiger partial charge on any atom is 0.337 e. The van der Waals surface area contributed by atoms with Crippen LogP contribution in [0.2, 0.25) is 0 Å².